The minimum atomic E-state index is -0.828. The van der Waals surface area contributed by atoms with Crippen LogP contribution in [-0.4, -0.2) is 37.2 Å². The van der Waals surface area contributed by atoms with Gasteiger partial charge >= 0.3 is 17.9 Å². The van der Waals surface area contributed by atoms with Crippen LogP contribution in [0.15, 0.2) is 122 Å². The quantitative estimate of drug-likeness (QED) is 0.0261. The fourth-order valence-corrected chi connectivity index (χ4v) is 9.56. The van der Waals surface area contributed by atoms with Gasteiger partial charge < -0.3 is 14.2 Å². The number of unbranched alkanes of at least 4 members (excludes halogenated alkanes) is 32. The molecule has 1 atom stereocenters. The highest BCUT2D eigenvalue weighted by atomic mass is 16.6. The van der Waals surface area contributed by atoms with Crippen LogP contribution >= 0.6 is 0 Å². The molecule has 6 heteroatoms. The van der Waals surface area contributed by atoms with Crippen LogP contribution in [0.25, 0.3) is 0 Å². The summed E-state index contributed by atoms with van der Waals surface area (Å²) in [4.78, 5) is 38.3. The zero-order chi connectivity index (χ0) is 59.2. The Morgan fingerprint density at radius 2 is 0.524 bits per heavy atom. The normalized spacial score (nSPS) is 12.9. The van der Waals surface area contributed by atoms with Gasteiger partial charge in [0, 0.05) is 12.8 Å². The Bertz CT molecular complexity index is 1690. The van der Waals surface area contributed by atoms with E-state index in [-0.39, 0.29) is 31.6 Å². The predicted molar refractivity (Wildman–Crippen MR) is 357 cm³/mol. The van der Waals surface area contributed by atoms with Gasteiger partial charge in [0.05, 0.1) is 6.42 Å². The van der Waals surface area contributed by atoms with Gasteiger partial charge in [-0.25, -0.2) is 0 Å². The summed E-state index contributed by atoms with van der Waals surface area (Å²) in [6, 6.07) is 0. The predicted octanol–water partition coefficient (Wildman–Crippen LogP) is 23.9. The summed E-state index contributed by atoms with van der Waals surface area (Å²) in [5.41, 5.74) is 0. The number of ether oxygens (including phenoxy) is 3. The van der Waals surface area contributed by atoms with Gasteiger partial charge in [-0.1, -0.05) is 309 Å². The van der Waals surface area contributed by atoms with Crippen molar-refractivity contribution in [1.29, 1.82) is 0 Å². The zero-order valence-corrected chi connectivity index (χ0v) is 53.7. The van der Waals surface area contributed by atoms with Crippen molar-refractivity contribution in [1.82, 2.24) is 0 Å². The lowest BCUT2D eigenvalue weighted by atomic mass is 10.0. The molecule has 6 nitrogen and oxygen atoms in total. The van der Waals surface area contributed by atoms with Crippen molar-refractivity contribution in [3.05, 3.63) is 122 Å². The maximum absolute atomic E-state index is 12.9. The van der Waals surface area contributed by atoms with Crippen molar-refractivity contribution < 1.29 is 28.6 Å². The van der Waals surface area contributed by atoms with Crippen LogP contribution in [0, 0.1) is 0 Å². The summed E-state index contributed by atoms with van der Waals surface area (Å²) in [6.07, 6.45) is 96.9. The molecule has 0 saturated heterocycles. The Kier molecular flexibility index (Phi) is 65.8. The van der Waals surface area contributed by atoms with Crippen molar-refractivity contribution in [2.75, 3.05) is 13.2 Å². The SMILES string of the molecule is CC/C=C\C/C=C\C/C=C\C/C=C\C/C=C\CC(=O)OCC(COC(=O)CCCCCCCCCCCCCCCCCCCC/C=C\C/C=C\C/C=C\CCCCCCC)OC(=O)CCCCCCC/C=C\C/C=C\CCCCCC. The van der Waals surface area contributed by atoms with Gasteiger partial charge in [-0.15, -0.1) is 0 Å². The molecular formula is C76H128O6. The van der Waals surface area contributed by atoms with E-state index in [0.717, 1.165) is 109 Å². The number of carbonyl (C=O) groups is 3. The summed E-state index contributed by atoms with van der Waals surface area (Å²) in [7, 11) is 0. The van der Waals surface area contributed by atoms with Crippen LogP contribution in [0.1, 0.15) is 323 Å². The van der Waals surface area contributed by atoms with Crippen LogP contribution in [0.3, 0.4) is 0 Å². The topological polar surface area (TPSA) is 78.9 Å². The second kappa shape index (κ2) is 69.3. The van der Waals surface area contributed by atoms with Gasteiger partial charge in [0.2, 0.25) is 0 Å². The van der Waals surface area contributed by atoms with E-state index in [1.54, 1.807) is 6.08 Å². The lowest BCUT2D eigenvalue weighted by Gasteiger charge is -2.18. The molecule has 0 aliphatic rings. The highest BCUT2D eigenvalue weighted by molar-refractivity contribution is 5.72. The first-order valence-corrected chi connectivity index (χ1v) is 34.5. The van der Waals surface area contributed by atoms with Crippen molar-refractivity contribution in [2.45, 2.75) is 329 Å². The van der Waals surface area contributed by atoms with E-state index in [4.69, 9.17) is 14.2 Å². The molecule has 468 valence electrons. The number of hydrogen-bond acceptors (Lipinski definition) is 6. The van der Waals surface area contributed by atoms with E-state index < -0.39 is 12.1 Å². The summed E-state index contributed by atoms with van der Waals surface area (Å²) in [6.45, 7) is 6.42. The molecule has 1 unspecified atom stereocenters. The van der Waals surface area contributed by atoms with E-state index in [0.29, 0.717) is 12.8 Å². The highest BCUT2D eigenvalue weighted by Crippen LogP contribution is 2.17. The van der Waals surface area contributed by atoms with Crippen molar-refractivity contribution in [3.8, 4) is 0 Å². The van der Waals surface area contributed by atoms with Gasteiger partial charge in [0.25, 0.3) is 0 Å². The van der Waals surface area contributed by atoms with E-state index in [2.05, 4.69) is 130 Å². The molecule has 0 radical (unpaired) electrons. The molecule has 0 fully saturated rings. The molecule has 82 heavy (non-hydrogen) atoms. The lowest BCUT2D eigenvalue weighted by Crippen LogP contribution is -2.30. The summed E-state index contributed by atoms with van der Waals surface area (Å²) in [5, 5.41) is 0. The third-order valence-corrected chi connectivity index (χ3v) is 14.7. The monoisotopic (exact) mass is 1140 g/mol. The number of hydrogen-bond donors (Lipinski definition) is 0. The maximum Gasteiger partial charge on any atom is 0.309 e. The van der Waals surface area contributed by atoms with Gasteiger partial charge in [-0.2, -0.15) is 0 Å². The van der Waals surface area contributed by atoms with Gasteiger partial charge in [0.15, 0.2) is 6.10 Å². The molecule has 0 rings (SSSR count). The van der Waals surface area contributed by atoms with Gasteiger partial charge in [-0.05, 0) is 116 Å². The lowest BCUT2D eigenvalue weighted by molar-refractivity contribution is -0.166. The van der Waals surface area contributed by atoms with Crippen LogP contribution in [0.4, 0.5) is 0 Å². The second-order valence-electron chi connectivity index (χ2n) is 22.7. The third-order valence-electron chi connectivity index (χ3n) is 14.7. The molecule has 0 aromatic rings. The maximum atomic E-state index is 12.9. The molecule has 0 heterocycles. The van der Waals surface area contributed by atoms with Crippen molar-refractivity contribution >= 4 is 17.9 Å². The Hall–Kier alpha value is -4.19. The molecule has 0 spiro atoms. The van der Waals surface area contributed by atoms with Crippen LogP contribution in [0.2, 0.25) is 0 Å². The molecule has 0 aromatic carbocycles. The van der Waals surface area contributed by atoms with Crippen LogP contribution in [0.5, 0.6) is 0 Å². The first kappa shape index (κ1) is 77.8. The van der Waals surface area contributed by atoms with E-state index in [9.17, 15) is 14.4 Å². The summed E-state index contributed by atoms with van der Waals surface area (Å²) >= 11 is 0. The molecule has 0 amide bonds. The van der Waals surface area contributed by atoms with Crippen molar-refractivity contribution in [3.63, 3.8) is 0 Å². The Morgan fingerprint density at radius 3 is 0.866 bits per heavy atom. The largest absolute Gasteiger partial charge is 0.462 e. The van der Waals surface area contributed by atoms with Crippen LogP contribution in [-0.2, 0) is 28.6 Å². The average Bonchev–Trinajstić information content (AvgIpc) is 3.47. The first-order valence-electron chi connectivity index (χ1n) is 34.5. The first-order chi connectivity index (χ1) is 40.5. The van der Waals surface area contributed by atoms with E-state index in [1.165, 1.54) is 173 Å². The smallest absolute Gasteiger partial charge is 0.309 e. The van der Waals surface area contributed by atoms with Gasteiger partial charge in [-0.3, -0.25) is 14.4 Å². The summed E-state index contributed by atoms with van der Waals surface area (Å²) < 4.78 is 16.8. The highest BCUT2D eigenvalue weighted by Gasteiger charge is 2.19. The Labute approximate surface area is 507 Å². The van der Waals surface area contributed by atoms with E-state index >= 15 is 0 Å². The van der Waals surface area contributed by atoms with Crippen LogP contribution < -0.4 is 0 Å². The molecule has 0 N–H and O–H groups in total. The van der Waals surface area contributed by atoms with Gasteiger partial charge in [0.1, 0.15) is 13.2 Å². The number of allylic oxidation sites excluding steroid dienone is 19. The number of esters is 3. The fraction of sp³-hybridized carbons (Fsp3) is 0.697. The molecular weight excluding hydrogens is 1010 g/mol. The number of rotatable bonds is 62. The van der Waals surface area contributed by atoms with Crippen molar-refractivity contribution in [2.24, 2.45) is 0 Å². The molecule has 0 aliphatic heterocycles. The number of carbonyl (C=O) groups excluding carboxylic acids is 3. The average molecular weight is 1140 g/mol. The minimum absolute atomic E-state index is 0.114. The third kappa shape index (κ3) is 66.6. The molecule has 0 saturated carbocycles. The molecule has 0 bridgehead atoms. The molecule has 0 aliphatic carbocycles. The Balaban J connectivity index is 4.26. The zero-order valence-electron chi connectivity index (χ0n) is 53.7. The summed E-state index contributed by atoms with van der Waals surface area (Å²) in [5.74, 6) is -1.05. The second-order valence-corrected chi connectivity index (χ2v) is 22.7. The van der Waals surface area contributed by atoms with E-state index in [1.807, 2.05) is 6.08 Å². The fourth-order valence-electron chi connectivity index (χ4n) is 9.56. The standard InChI is InChI=1S/C76H128O6/c1-4-7-10-13-16-19-22-25-28-30-31-32-33-34-35-36-37-38-39-40-41-42-43-44-45-46-49-51-54-57-60-63-66-69-75(78)81-72-73(71-80-74(77)68-65-62-59-56-53-50-47-27-24-21-18-15-12-9-6-3)82-76(79)70-67-64-61-58-55-52-48-29-26-23-20-17-14-11-8-5-2/h9,12,18,20-23,25,27,29-31,33-34,47-48,53,56,62,65,73H,4-8,10-11,13-17,19,24,26,28,32,35-46,49-52,54-55,57-61,63-64,66-72H2,1-3H3/b12-9-,21-18-,23-20-,25-22-,31-30-,34-33-,47-27-,48-29-,56-53-,65-62-. The molecule has 0 aromatic heterocycles. The Morgan fingerprint density at radius 1 is 0.268 bits per heavy atom. The minimum Gasteiger partial charge on any atom is -0.462 e.